The largest absolute Gasteiger partial charge is 0.300 e. The summed E-state index contributed by atoms with van der Waals surface area (Å²) in [6.07, 6.45) is 1.12. The van der Waals surface area contributed by atoms with Crippen LogP contribution in [-0.2, 0) is 4.79 Å². The zero-order valence-electron chi connectivity index (χ0n) is 9.09. The van der Waals surface area contributed by atoms with E-state index in [0.717, 1.165) is 0 Å². The number of Topliss-reactive ketones (excluding diaryl/α,β-unsaturated/α-hetero) is 2. The van der Waals surface area contributed by atoms with Crippen LogP contribution in [0.25, 0.3) is 0 Å². The maximum Gasteiger partial charge on any atom is 0.280 e. The molecule has 1 aromatic carbocycles. The Morgan fingerprint density at radius 3 is 2.65 bits per heavy atom. The van der Waals surface area contributed by atoms with Crippen molar-refractivity contribution in [1.29, 1.82) is 0 Å². The zero-order chi connectivity index (χ0) is 12.4. The zero-order valence-corrected chi connectivity index (χ0v) is 9.09. The Labute approximate surface area is 97.6 Å². The third kappa shape index (κ3) is 2.22. The number of benzene rings is 1. The van der Waals surface area contributed by atoms with Crippen LogP contribution in [0.5, 0.6) is 0 Å². The van der Waals surface area contributed by atoms with E-state index in [1.807, 2.05) is 0 Å². The monoisotopic (exact) mass is 233 g/mol. The van der Waals surface area contributed by atoms with E-state index in [1.165, 1.54) is 18.2 Å². The summed E-state index contributed by atoms with van der Waals surface area (Å²) >= 11 is 0. The number of carbonyl (C=O) groups excluding carboxylic acids is 2. The molecule has 88 valence electrons. The van der Waals surface area contributed by atoms with Crippen LogP contribution >= 0.6 is 0 Å². The molecule has 0 radical (unpaired) electrons. The van der Waals surface area contributed by atoms with Crippen LogP contribution in [0, 0.1) is 16.0 Å². The summed E-state index contributed by atoms with van der Waals surface area (Å²) in [5.41, 5.74) is -0.0750. The fourth-order valence-electron chi connectivity index (χ4n) is 2.10. The predicted molar refractivity (Wildman–Crippen MR) is 59.8 cm³/mol. The predicted octanol–water partition coefficient (Wildman–Crippen LogP) is 2.15. The van der Waals surface area contributed by atoms with Crippen molar-refractivity contribution in [3.05, 3.63) is 39.9 Å². The van der Waals surface area contributed by atoms with Crippen molar-refractivity contribution in [1.82, 2.24) is 0 Å². The molecule has 1 aromatic rings. The molecule has 0 aliphatic heterocycles. The lowest BCUT2D eigenvalue weighted by Gasteiger charge is -2.07. The molecule has 1 atom stereocenters. The van der Waals surface area contributed by atoms with Gasteiger partial charge in [-0.3, -0.25) is 19.7 Å². The number of hydrogen-bond donors (Lipinski definition) is 0. The van der Waals surface area contributed by atoms with Gasteiger partial charge in [0.15, 0.2) is 5.78 Å². The Morgan fingerprint density at radius 2 is 2.06 bits per heavy atom. The fraction of sp³-hybridized carbons (Fsp3) is 0.333. The molecule has 5 heteroatoms. The topological polar surface area (TPSA) is 77.3 Å². The van der Waals surface area contributed by atoms with Gasteiger partial charge in [0.05, 0.1) is 10.5 Å². The third-order valence-electron chi connectivity index (χ3n) is 2.98. The Hall–Kier alpha value is -2.04. The molecule has 0 amide bonds. The van der Waals surface area contributed by atoms with Gasteiger partial charge in [-0.15, -0.1) is 0 Å². The van der Waals surface area contributed by atoms with Crippen molar-refractivity contribution in [2.75, 3.05) is 0 Å². The third-order valence-corrected chi connectivity index (χ3v) is 2.98. The molecular weight excluding hydrogens is 222 g/mol. The van der Waals surface area contributed by atoms with E-state index in [-0.39, 0.29) is 35.2 Å². The van der Waals surface area contributed by atoms with E-state index in [0.29, 0.717) is 12.8 Å². The second kappa shape index (κ2) is 4.45. The summed E-state index contributed by atoms with van der Waals surface area (Å²) in [4.78, 5) is 33.4. The molecule has 1 aliphatic rings. The van der Waals surface area contributed by atoms with Gasteiger partial charge in [-0.2, -0.15) is 0 Å². The Bertz CT molecular complexity index is 495. The number of nitro benzene ring substituents is 1. The van der Waals surface area contributed by atoms with Gasteiger partial charge >= 0.3 is 0 Å². The normalized spacial score (nSPS) is 19.3. The summed E-state index contributed by atoms with van der Waals surface area (Å²) < 4.78 is 0. The molecule has 17 heavy (non-hydrogen) atoms. The van der Waals surface area contributed by atoms with Gasteiger partial charge in [0, 0.05) is 24.8 Å². The van der Waals surface area contributed by atoms with E-state index in [2.05, 4.69) is 0 Å². The average molecular weight is 233 g/mol. The molecule has 0 spiro atoms. The van der Waals surface area contributed by atoms with Gasteiger partial charge in [0.1, 0.15) is 5.78 Å². The van der Waals surface area contributed by atoms with Crippen LogP contribution in [0.2, 0.25) is 0 Å². The first-order valence-corrected chi connectivity index (χ1v) is 5.39. The molecule has 0 saturated heterocycles. The highest BCUT2D eigenvalue weighted by molar-refractivity contribution is 6.04. The van der Waals surface area contributed by atoms with E-state index in [4.69, 9.17) is 0 Å². The summed E-state index contributed by atoms with van der Waals surface area (Å²) in [5, 5.41) is 10.8. The quantitative estimate of drug-likeness (QED) is 0.455. The molecule has 5 nitrogen and oxygen atoms in total. The van der Waals surface area contributed by atoms with E-state index >= 15 is 0 Å². The number of nitro groups is 1. The second-order valence-electron chi connectivity index (χ2n) is 4.12. The smallest absolute Gasteiger partial charge is 0.280 e. The lowest BCUT2D eigenvalue weighted by molar-refractivity contribution is -0.385. The standard InChI is InChI=1S/C12H11NO4/c14-9-6-5-8(7-9)12(15)10-3-1-2-4-11(10)13(16)17/h1-4,8H,5-7H2. The number of hydrogen-bond acceptors (Lipinski definition) is 4. The molecule has 0 heterocycles. The first kappa shape index (κ1) is 11.4. The Morgan fingerprint density at radius 1 is 1.35 bits per heavy atom. The highest BCUT2D eigenvalue weighted by Gasteiger charge is 2.32. The Balaban J connectivity index is 2.31. The molecule has 0 N–H and O–H groups in total. The van der Waals surface area contributed by atoms with Crippen LogP contribution < -0.4 is 0 Å². The number of carbonyl (C=O) groups is 2. The van der Waals surface area contributed by atoms with Crippen LogP contribution in [0.1, 0.15) is 29.6 Å². The van der Waals surface area contributed by atoms with Crippen molar-refractivity contribution >= 4 is 17.3 Å². The highest BCUT2D eigenvalue weighted by Crippen LogP contribution is 2.29. The number of rotatable bonds is 3. The summed E-state index contributed by atoms with van der Waals surface area (Å²) in [5.74, 6) is -0.617. The molecule has 1 unspecified atom stereocenters. The number of ketones is 2. The molecule has 0 aromatic heterocycles. The van der Waals surface area contributed by atoms with Crippen LogP contribution in [0.3, 0.4) is 0 Å². The molecular formula is C12H11NO4. The van der Waals surface area contributed by atoms with Gasteiger partial charge in [0.2, 0.25) is 0 Å². The average Bonchev–Trinajstić information content (AvgIpc) is 2.75. The summed E-state index contributed by atoms with van der Waals surface area (Å²) in [7, 11) is 0. The highest BCUT2D eigenvalue weighted by atomic mass is 16.6. The van der Waals surface area contributed by atoms with Gasteiger partial charge in [-0.25, -0.2) is 0 Å². The maximum atomic E-state index is 12.1. The summed E-state index contributed by atoms with van der Waals surface area (Å²) in [6, 6.07) is 5.87. The first-order chi connectivity index (χ1) is 8.09. The minimum absolute atomic E-state index is 0.0573. The molecule has 1 fully saturated rings. The van der Waals surface area contributed by atoms with Gasteiger partial charge < -0.3 is 0 Å². The fourth-order valence-corrected chi connectivity index (χ4v) is 2.10. The maximum absolute atomic E-state index is 12.1. The van der Waals surface area contributed by atoms with Gasteiger partial charge in [-0.05, 0) is 12.5 Å². The lowest BCUT2D eigenvalue weighted by Crippen LogP contribution is -2.13. The van der Waals surface area contributed by atoms with E-state index < -0.39 is 4.92 Å². The molecule has 1 aliphatic carbocycles. The lowest BCUT2D eigenvalue weighted by atomic mass is 9.95. The number of nitrogens with zero attached hydrogens (tertiary/aromatic N) is 1. The molecule has 0 bridgehead atoms. The van der Waals surface area contributed by atoms with Crippen molar-refractivity contribution in [2.45, 2.75) is 19.3 Å². The van der Waals surface area contributed by atoms with Crippen molar-refractivity contribution in [3.63, 3.8) is 0 Å². The molecule has 2 rings (SSSR count). The second-order valence-corrected chi connectivity index (χ2v) is 4.12. The van der Waals surface area contributed by atoms with Crippen LogP contribution in [-0.4, -0.2) is 16.5 Å². The SMILES string of the molecule is O=C1CCC(C(=O)c2ccccc2[N+](=O)[O-])C1. The van der Waals surface area contributed by atoms with E-state index in [1.54, 1.807) is 6.07 Å². The molecule has 1 saturated carbocycles. The minimum Gasteiger partial charge on any atom is -0.300 e. The minimum atomic E-state index is -0.565. The van der Waals surface area contributed by atoms with Crippen molar-refractivity contribution in [2.24, 2.45) is 5.92 Å². The van der Waals surface area contributed by atoms with Crippen molar-refractivity contribution in [3.8, 4) is 0 Å². The summed E-state index contributed by atoms with van der Waals surface area (Å²) in [6.45, 7) is 0. The Kier molecular flexibility index (Phi) is 2.99. The number of para-hydroxylation sites is 1. The van der Waals surface area contributed by atoms with Crippen molar-refractivity contribution < 1.29 is 14.5 Å². The van der Waals surface area contributed by atoms with Crippen LogP contribution in [0.4, 0.5) is 5.69 Å². The van der Waals surface area contributed by atoms with Gasteiger partial charge in [0.25, 0.3) is 5.69 Å². The first-order valence-electron chi connectivity index (χ1n) is 5.39. The van der Waals surface area contributed by atoms with E-state index in [9.17, 15) is 19.7 Å². The van der Waals surface area contributed by atoms with Crippen LogP contribution in [0.15, 0.2) is 24.3 Å². The van der Waals surface area contributed by atoms with Gasteiger partial charge in [-0.1, -0.05) is 12.1 Å².